The van der Waals surface area contributed by atoms with Gasteiger partial charge < -0.3 is 9.64 Å². The van der Waals surface area contributed by atoms with Gasteiger partial charge in [-0.15, -0.1) is 0 Å². The second-order valence-electron chi connectivity index (χ2n) is 10.1. The van der Waals surface area contributed by atoms with E-state index in [-0.39, 0.29) is 18.2 Å². The standard InChI is InChI=1S/C29H24F2N8O/c1-36-13-21(12-34-36)19-7-23(28-20(9-32)11-35-39(28)14-19)18-8-27-29(33-10-18)38-6-5-37(15-22(38)17-40-27)16-24-25(30)3-2-4-26(24)31/h2-4,7-8,10-14,22H,5-6,15-17H2,1H3/t22-/m1/s1. The fourth-order valence-corrected chi connectivity index (χ4v) is 5.64. The second kappa shape index (κ2) is 9.43. The summed E-state index contributed by atoms with van der Waals surface area (Å²) in [5.74, 6) is 0.345. The van der Waals surface area contributed by atoms with Crippen LogP contribution in [0.5, 0.6) is 5.75 Å². The smallest absolute Gasteiger partial charge is 0.171 e. The van der Waals surface area contributed by atoms with Gasteiger partial charge in [-0.2, -0.15) is 15.5 Å². The zero-order chi connectivity index (χ0) is 27.4. The molecule has 1 aromatic carbocycles. The lowest BCUT2D eigenvalue weighted by Gasteiger charge is -2.44. The number of anilines is 1. The van der Waals surface area contributed by atoms with Crippen molar-refractivity contribution in [2.75, 3.05) is 31.1 Å². The van der Waals surface area contributed by atoms with Crippen molar-refractivity contribution < 1.29 is 13.5 Å². The minimum atomic E-state index is -0.527. The molecule has 0 N–H and O–H groups in total. The van der Waals surface area contributed by atoms with E-state index in [4.69, 9.17) is 9.72 Å². The molecular formula is C29H24F2N8O. The van der Waals surface area contributed by atoms with Crippen LogP contribution in [-0.2, 0) is 13.6 Å². The van der Waals surface area contributed by atoms with Gasteiger partial charge in [-0.1, -0.05) is 6.07 Å². The molecular weight excluding hydrogens is 514 g/mol. The molecule has 2 aliphatic heterocycles. The highest BCUT2D eigenvalue weighted by molar-refractivity contribution is 5.88. The topological polar surface area (TPSA) is 87.5 Å². The maximum atomic E-state index is 14.2. The molecule has 200 valence electrons. The minimum absolute atomic E-state index is 0.00932. The Labute approximate surface area is 228 Å². The molecule has 0 saturated carbocycles. The van der Waals surface area contributed by atoms with Crippen molar-refractivity contribution in [2.45, 2.75) is 12.6 Å². The van der Waals surface area contributed by atoms with Crippen LogP contribution < -0.4 is 9.64 Å². The fourth-order valence-electron chi connectivity index (χ4n) is 5.64. The van der Waals surface area contributed by atoms with Gasteiger partial charge in [0.15, 0.2) is 11.6 Å². The highest BCUT2D eigenvalue weighted by Gasteiger charge is 2.34. The molecule has 1 saturated heterocycles. The first kappa shape index (κ1) is 24.2. The zero-order valence-electron chi connectivity index (χ0n) is 21.6. The average Bonchev–Trinajstić information content (AvgIpc) is 3.60. The summed E-state index contributed by atoms with van der Waals surface area (Å²) in [6.07, 6.45) is 8.95. The van der Waals surface area contributed by atoms with E-state index in [1.165, 1.54) is 18.2 Å². The number of benzene rings is 1. The van der Waals surface area contributed by atoms with Gasteiger partial charge in [0.05, 0.1) is 29.5 Å². The van der Waals surface area contributed by atoms with Crippen molar-refractivity contribution in [3.05, 3.63) is 84.1 Å². The first-order chi connectivity index (χ1) is 19.5. The van der Waals surface area contributed by atoms with Crippen LogP contribution in [0.3, 0.4) is 0 Å². The molecule has 0 radical (unpaired) electrons. The van der Waals surface area contributed by atoms with Crippen LogP contribution in [0.4, 0.5) is 14.6 Å². The Morgan fingerprint density at radius 3 is 2.65 bits per heavy atom. The van der Waals surface area contributed by atoms with E-state index < -0.39 is 11.6 Å². The lowest BCUT2D eigenvalue weighted by Crippen LogP contribution is -2.57. The Morgan fingerprint density at radius 2 is 1.88 bits per heavy atom. The van der Waals surface area contributed by atoms with Crippen LogP contribution in [0.1, 0.15) is 11.1 Å². The van der Waals surface area contributed by atoms with Gasteiger partial charge in [0.1, 0.15) is 24.3 Å². The molecule has 1 atom stereocenters. The quantitative estimate of drug-likeness (QED) is 0.342. The van der Waals surface area contributed by atoms with Gasteiger partial charge in [-0.05, 0) is 24.3 Å². The second-order valence-corrected chi connectivity index (χ2v) is 10.1. The largest absolute Gasteiger partial charge is 0.487 e. The first-order valence-corrected chi connectivity index (χ1v) is 12.9. The van der Waals surface area contributed by atoms with Crippen LogP contribution in [0, 0.1) is 23.0 Å². The molecule has 0 amide bonds. The van der Waals surface area contributed by atoms with E-state index in [0.717, 1.165) is 28.1 Å². The summed E-state index contributed by atoms with van der Waals surface area (Å²) in [5.41, 5.74) is 4.70. The predicted octanol–water partition coefficient (Wildman–Crippen LogP) is 4.03. The normalized spacial score (nSPS) is 16.9. The van der Waals surface area contributed by atoms with Gasteiger partial charge in [0.25, 0.3) is 0 Å². The Kier molecular flexibility index (Phi) is 5.71. The first-order valence-electron chi connectivity index (χ1n) is 12.9. The van der Waals surface area contributed by atoms with Crippen molar-refractivity contribution in [1.82, 2.24) is 29.3 Å². The van der Waals surface area contributed by atoms with Crippen LogP contribution in [0.25, 0.3) is 27.8 Å². The number of hydrogen-bond acceptors (Lipinski definition) is 7. The highest BCUT2D eigenvalue weighted by Crippen LogP contribution is 2.39. The molecule has 0 aliphatic carbocycles. The summed E-state index contributed by atoms with van der Waals surface area (Å²) >= 11 is 0. The molecule has 4 aromatic heterocycles. The number of fused-ring (bicyclic) bond motifs is 4. The summed E-state index contributed by atoms with van der Waals surface area (Å²) in [5, 5.41) is 18.4. The fraction of sp³-hybridized carbons (Fsp3) is 0.241. The summed E-state index contributed by atoms with van der Waals surface area (Å²) < 4.78 is 38.1. The molecule has 6 heterocycles. The van der Waals surface area contributed by atoms with Gasteiger partial charge in [0.2, 0.25) is 0 Å². The summed E-state index contributed by atoms with van der Waals surface area (Å²) in [7, 11) is 1.86. The molecule has 9 nitrogen and oxygen atoms in total. The third-order valence-electron chi connectivity index (χ3n) is 7.63. The SMILES string of the molecule is Cn1cc(-c2cc(-c3cnc4c(c3)OC[C@H]3CN(Cc5c(F)cccc5F)CCN43)c3c(C#N)cnn3c2)cn1. The maximum absolute atomic E-state index is 14.2. The number of piperazine rings is 1. The predicted molar refractivity (Wildman–Crippen MR) is 144 cm³/mol. The number of halogens is 2. The molecule has 11 heteroatoms. The van der Waals surface area contributed by atoms with Gasteiger partial charge in [0, 0.05) is 79.6 Å². The highest BCUT2D eigenvalue weighted by atomic mass is 19.1. The van der Waals surface area contributed by atoms with Crippen molar-refractivity contribution in [3.63, 3.8) is 0 Å². The van der Waals surface area contributed by atoms with Crippen molar-refractivity contribution in [2.24, 2.45) is 7.05 Å². The Morgan fingerprint density at radius 1 is 1.02 bits per heavy atom. The van der Waals surface area contributed by atoms with E-state index in [1.807, 2.05) is 31.6 Å². The number of rotatable bonds is 4. The molecule has 0 bridgehead atoms. The molecule has 7 rings (SSSR count). The summed E-state index contributed by atoms with van der Waals surface area (Å²) in [6.45, 7) is 2.53. The van der Waals surface area contributed by atoms with Gasteiger partial charge in [-0.3, -0.25) is 9.58 Å². The van der Waals surface area contributed by atoms with Crippen LogP contribution in [0.15, 0.2) is 61.3 Å². The van der Waals surface area contributed by atoms with E-state index in [9.17, 15) is 14.0 Å². The summed E-state index contributed by atoms with van der Waals surface area (Å²) in [4.78, 5) is 9.06. The van der Waals surface area contributed by atoms with Crippen molar-refractivity contribution >= 4 is 11.3 Å². The zero-order valence-corrected chi connectivity index (χ0v) is 21.6. The lowest BCUT2D eigenvalue weighted by atomic mass is 10.0. The van der Waals surface area contributed by atoms with Crippen molar-refractivity contribution in [1.29, 1.82) is 5.26 Å². The van der Waals surface area contributed by atoms with E-state index in [0.29, 0.717) is 43.1 Å². The van der Waals surface area contributed by atoms with E-state index in [1.54, 1.807) is 27.8 Å². The molecule has 0 unspecified atom stereocenters. The summed E-state index contributed by atoms with van der Waals surface area (Å²) in [6, 6.07) is 10.2. The monoisotopic (exact) mass is 538 g/mol. The third-order valence-corrected chi connectivity index (χ3v) is 7.63. The lowest BCUT2D eigenvalue weighted by molar-refractivity contribution is 0.158. The Balaban J connectivity index is 1.20. The molecule has 5 aromatic rings. The third kappa shape index (κ3) is 4.04. The Bertz CT molecular complexity index is 1790. The number of aryl methyl sites for hydroxylation is 1. The van der Waals surface area contributed by atoms with Crippen molar-refractivity contribution in [3.8, 4) is 34.1 Å². The van der Waals surface area contributed by atoms with E-state index in [2.05, 4.69) is 26.1 Å². The van der Waals surface area contributed by atoms with Gasteiger partial charge in [-0.25, -0.2) is 18.3 Å². The number of ether oxygens (including phenoxy) is 1. The van der Waals surface area contributed by atoms with Crippen LogP contribution >= 0.6 is 0 Å². The van der Waals surface area contributed by atoms with Crippen LogP contribution in [-0.4, -0.2) is 61.6 Å². The molecule has 2 aliphatic rings. The van der Waals surface area contributed by atoms with E-state index >= 15 is 0 Å². The average molecular weight is 539 g/mol. The Hall–Kier alpha value is -4.82. The van der Waals surface area contributed by atoms with Crippen LogP contribution in [0.2, 0.25) is 0 Å². The number of nitrogens with zero attached hydrogens (tertiary/aromatic N) is 8. The molecule has 40 heavy (non-hydrogen) atoms. The molecule has 1 fully saturated rings. The minimum Gasteiger partial charge on any atom is -0.487 e. The number of aromatic nitrogens is 5. The number of hydrogen-bond donors (Lipinski definition) is 0. The molecule has 0 spiro atoms. The van der Waals surface area contributed by atoms with Gasteiger partial charge >= 0.3 is 0 Å². The maximum Gasteiger partial charge on any atom is 0.171 e. The number of nitriles is 1. The number of pyridine rings is 2.